The van der Waals surface area contributed by atoms with Gasteiger partial charge in [-0.05, 0) is 47.0 Å². The van der Waals surface area contributed by atoms with E-state index in [9.17, 15) is 4.79 Å². The van der Waals surface area contributed by atoms with Gasteiger partial charge >= 0.3 is 0 Å². The van der Waals surface area contributed by atoms with Crippen molar-refractivity contribution < 1.29 is 4.79 Å². The van der Waals surface area contributed by atoms with Crippen LogP contribution in [0.1, 0.15) is 16.7 Å². The molecule has 0 saturated carbocycles. The number of benzene rings is 1. The van der Waals surface area contributed by atoms with Gasteiger partial charge in [-0.1, -0.05) is 40.2 Å². The quantitative estimate of drug-likeness (QED) is 0.565. The van der Waals surface area contributed by atoms with Crippen LogP contribution in [0.25, 0.3) is 6.08 Å². The number of hydrogen-bond acceptors (Lipinski definition) is 3. The SMILES string of the molecule is O=C(/C=C/c1ccccc1Br)N(Cc1ccncc1)Cc1cccnc1. The van der Waals surface area contributed by atoms with E-state index in [0.29, 0.717) is 13.1 Å². The zero-order valence-corrected chi connectivity index (χ0v) is 15.7. The first-order chi connectivity index (χ1) is 12.7. The molecule has 1 aromatic carbocycles. The Morgan fingerprint density at radius 1 is 0.923 bits per heavy atom. The van der Waals surface area contributed by atoms with Crippen molar-refractivity contribution in [2.45, 2.75) is 13.1 Å². The van der Waals surface area contributed by atoms with Gasteiger partial charge in [0.25, 0.3) is 0 Å². The number of carbonyl (C=O) groups excluding carboxylic acids is 1. The van der Waals surface area contributed by atoms with Gasteiger partial charge in [0, 0.05) is 48.4 Å². The lowest BCUT2D eigenvalue weighted by Crippen LogP contribution is -2.28. The number of halogens is 1. The molecule has 2 heterocycles. The number of rotatable bonds is 6. The van der Waals surface area contributed by atoms with Crippen molar-refractivity contribution in [3.8, 4) is 0 Å². The maximum Gasteiger partial charge on any atom is 0.247 e. The molecule has 26 heavy (non-hydrogen) atoms. The van der Waals surface area contributed by atoms with E-state index in [-0.39, 0.29) is 5.91 Å². The third-order valence-corrected chi connectivity index (χ3v) is 4.56. The number of aromatic nitrogens is 2. The van der Waals surface area contributed by atoms with Gasteiger partial charge in [0.15, 0.2) is 0 Å². The first-order valence-electron chi connectivity index (χ1n) is 8.22. The van der Waals surface area contributed by atoms with Crippen molar-refractivity contribution in [1.82, 2.24) is 14.9 Å². The Labute approximate surface area is 161 Å². The predicted molar refractivity (Wildman–Crippen MR) is 106 cm³/mol. The lowest BCUT2D eigenvalue weighted by atomic mass is 10.2. The van der Waals surface area contributed by atoms with Crippen molar-refractivity contribution in [3.63, 3.8) is 0 Å². The molecule has 0 aliphatic carbocycles. The van der Waals surface area contributed by atoms with Crippen LogP contribution in [-0.4, -0.2) is 20.8 Å². The average molecular weight is 408 g/mol. The van der Waals surface area contributed by atoms with E-state index < -0.39 is 0 Å². The van der Waals surface area contributed by atoms with E-state index in [1.54, 1.807) is 35.8 Å². The van der Waals surface area contributed by atoms with Gasteiger partial charge in [-0.25, -0.2) is 0 Å². The molecule has 5 heteroatoms. The van der Waals surface area contributed by atoms with Crippen LogP contribution in [0.3, 0.4) is 0 Å². The largest absolute Gasteiger partial charge is 0.330 e. The Kier molecular flexibility index (Phi) is 6.28. The van der Waals surface area contributed by atoms with Crippen molar-refractivity contribution in [3.05, 3.63) is 101 Å². The fraction of sp³-hybridized carbons (Fsp3) is 0.0952. The molecule has 0 atom stereocenters. The van der Waals surface area contributed by atoms with Crippen molar-refractivity contribution >= 4 is 27.9 Å². The Bertz CT molecular complexity index is 841. The molecule has 0 aliphatic heterocycles. The van der Waals surface area contributed by atoms with Gasteiger partial charge in [0.05, 0.1) is 0 Å². The molecule has 0 saturated heterocycles. The molecular formula is C21H18BrN3O. The highest BCUT2D eigenvalue weighted by Gasteiger charge is 2.12. The summed E-state index contributed by atoms with van der Waals surface area (Å²) in [6.45, 7) is 1.01. The van der Waals surface area contributed by atoms with E-state index >= 15 is 0 Å². The van der Waals surface area contributed by atoms with Crippen LogP contribution in [-0.2, 0) is 17.9 Å². The van der Waals surface area contributed by atoms with Gasteiger partial charge in [0.2, 0.25) is 5.91 Å². The van der Waals surface area contributed by atoms with E-state index in [2.05, 4.69) is 25.9 Å². The second kappa shape index (κ2) is 9.06. The third-order valence-electron chi connectivity index (χ3n) is 3.84. The summed E-state index contributed by atoms with van der Waals surface area (Å²) in [7, 11) is 0. The van der Waals surface area contributed by atoms with Gasteiger partial charge in [0.1, 0.15) is 0 Å². The fourth-order valence-electron chi connectivity index (χ4n) is 2.51. The Morgan fingerprint density at radius 2 is 1.69 bits per heavy atom. The minimum absolute atomic E-state index is 0.0542. The van der Waals surface area contributed by atoms with E-state index in [4.69, 9.17) is 0 Å². The van der Waals surface area contributed by atoms with E-state index in [1.807, 2.05) is 54.6 Å². The number of nitrogens with zero attached hydrogens (tertiary/aromatic N) is 3. The maximum atomic E-state index is 12.8. The second-order valence-electron chi connectivity index (χ2n) is 5.77. The highest BCUT2D eigenvalue weighted by Crippen LogP contribution is 2.18. The zero-order valence-electron chi connectivity index (χ0n) is 14.1. The van der Waals surface area contributed by atoms with Gasteiger partial charge in [-0.15, -0.1) is 0 Å². The number of hydrogen-bond donors (Lipinski definition) is 0. The average Bonchev–Trinajstić information content (AvgIpc) is 2.68. The molecule has 0 radical (unpaired) electrons. The molecule has 0 bridgehead atoms. The molecule has 0 spiro atoms. The highest BCUT2D eigenvalue weighted by atomic mass is 79.9. The summed E-state index contributed by atoms with van der Waals surface area (Å²) in [5, 5.41) is 0. The van der Waals surface area contributed by atoms with Crippen LogP contribution in [0.4, 0.5) is 0 Å². The smallest absolute Gasteiger partial charge is 0.247 e. The van der Waals surface area contributed by atoms with Crippen LogP contribution in [0.5, 0.6) is 0 Å². The molecule has 0 aliphatic rings. The standard InChI is InChI=1S/C21H18BrN3O/c22-20-6-2-1-5-19(20)7-8-21(26)25(15-17-9-12-23-13-10-17)16-18-4-3-11-24-14-18/h1-14H,15-16H2/b8-7+. The van der Waals surface area contributed by atoms with Gasteiger partial charge in [-0.2, -0.15) is 0 Å². The zero-order chi connectivity index (χ0) is 18.2. The predicted octanol–water partition coefficient (Wildman–Crippen LogP) is 4.48. The number of amides is 1. The molecule has 1 amide bonds. The lowest BCUT2D eigenvalue weighted by Gasteiger charge is -2.21. The molecule has 4 nitrogen and oxygen atoms in total. The normalized spacial score (nSPS) is 10.8. The fourth-order valence-corrected chi connectivity index (χ4v) is 2.93. The first kappa shape index (κ1) is 18.0. The summed E-state index contributed by atoms with van der Waals surface area (Å²) in [6, 6.07) is 15.5. The molecule has 3 rings (SSSR count). The van der Waals surface area contributed by atoms with E-state index in [1.165, 1.54) is 0 Å². The van der Waals surface area contributed by atoms with Crippen LogP contribution < -0.4 is 0 Å². The van der Waals surface area contributed by atoms with Crippen LogP contribution in [0.2, 0.25) is 0 Å². The summed E-state index contributed by atoms with van der Waals surface area (Å²) in [5.41, 5.74) is 2.99. The summed E-state index contributed by atoms with van der Waals surface area (Å²) >= 11 is 3.50. The molecule has 130 valence electrons. The van der Waals surface area contributed by atoms with Crippen LogP contribution in [0.15, 0.2) is 83.9 Å². The Balaban J connectivity index is 1.79. The summed E-state index contributed by atoms with van der Waals surface area (Å²) in [4.78, 5) is 22.8. The number of pyridine rings is 2. The van der Waals surface area contributed by atoms with Gasteiger partial charge in [-0.3, -0.25) is 14.8 Å². The van der Waals surface area contributed by atoms with Crippen LogP contribution in [0, 0.1) is 0 Å². The van der Waals surface area contributed by atoms with Crippen molar-refractivity contribution in [2.75, 3.05) is 0 Å². The Hall–Kier alpha value is -2.79. The van der Waals surface area contributed by atoms with Crippen molar-refractivity contribution in [2.24, 2.45) is 0 Å². The van der Waals surface area contributed by atoms with E-state index in [0.717, 1.165) is 21.2 Å². The summed E-state index contributed by atoms with van der Waals surface area (Å²) < 4.78 is 0.956. The first-order valence-corrected chi connectivity index (χ1v) is 9.01. The maximum absolute atomic E-state index is 12.8. The topological polar surface area (TPSA) is 46.1 Å². The molecule has 0 N–H and O–H groups in total. The van der Waals surface area contributed by atoms with Crippen molar-refractivity contribution in [1.29, 1.82) is 0 Å². The van der Waals surface area contributed by atoms with Gasteiger partial charge < -0.3 is 4.90 Å². The Morgan fingerprint density at radius 3 is 2.42 bits per heavy atom. The molecular weight excluding hydrogens is 390 g/mol. The number of carbonyl (C=O) groups is 1. The summed E-state index contributed by atoms with van der Waals surface area (Å²) in [5.74, 6) is -0.0542. The monoisotopic (exact) mass is 407 g/mol. The molecule has 0 unspecified atom stereocenters. The lowest BCUT2D eigenvalue weighted by molar-refractivity contribution is -0.127. The second-order valence-corrected chi connectivity index (χ2v) is 6.62. The highest BCUT2D eigenvalue weighted by molar-refractivity contribution is 9.10. The minimum atomic E-state index is -0.0542. The molecule has 3 aromatic rings. The summed E-state index contributed by atoms with van der Waals surface area (Å²) in [6.07, 6.45) is 10.4. The molecule has 2 aromatic heterocycles. The third kappa shape index (κ3) is 5.10. The molecule has 0 fully saturated rings. The van der Waals surface area contributed by atoms with Crippen LogP contribution >= 0.6 is 15.9 Å². The minimum Gasteiger partial charge on any atom is -0.330 e.